The number of hydrogen-bond acceptors (Lipinski definition) is 5. The maximum Gasteiger partial charge on any atom is 0.230 e. The van der Waals surface area contributed by atoms with E-state index in [9.17, 15) is 0 Å². The van der Waals surface area contributed by atoms with Crippen molar-refractivity contribution in [3.8, 4) is 11.3 Å². The molecule has 2 aromatic carbocycles. The first-order valence-corrected chi connectivity index (χ1v) is 11.7. The lowest BCUT2D eigenvalue weighted by molar-refractivity contribution is 0.597. The van der Waals surface area contributed by atoms with Crippen molar-refractivity contribution in [1.82, 2.24) is 9.97 Å². The molecule has 0 saturated heterocycles. The van der Waals surface area contributed by atoms with Crippen molar-refractivity contribution < 1.29 is 4.42 Å². The fraction of sp³-hybridized carbons (Fsp3) is 0.200. The molecule has 148 valence electrons. The van der Waals surface area contributed by atoms with Crippen molar-refractivity contribution in [2.75, 3.05) is 0 Å². The van der Waals surface area contributed by atoms with Crippen LogP contribution in [0.15, 0.2) is 51.8 Å². The SMILES string of the molecule is Cc1csc2cc3c(cc12)oc1ncnc(-c2cc(C(C)(C)C)c4sccc4c2)c13. The van der Waals surface area contributed by atoms with E-state index >= 15 is 0 Å². The van der Waals surface area contributed by atoms with Gasteiger partial charge in [-0.2, -0.15) is 0 Å². The molecule has 0 aliphatic carbocycles. The average Bonchev–Trinajstić information content (AvgIpc) is 3.41. The van der Waals surface area contributed by atoms with E-state index in [1.54, 1.807) is 29.0 Å². The number of furan rings is 1. The molecular weight excluding hydrogens is 408 g/mol. The van der Waals surface area contributed by atoms with Gasteiger partial charge in [0.05, 0.1) is 11.1 Å². The minimum Gasteiger partial charge on any atom is -0.438 e. The third kappa shape index (κ3) is 2.55. The molecular formula is C25H20N2OS2. The fourth-order valence-corrected chi connectivity index (χ4v) is 6.32. The van der Waals surface area contributed by atoms with Crippen LogP contribution in [0.4, 0.5) is 0 Å². The largest absolute Gasteiger partial charge is 0.438 e. The molecule has 0 aliphatic rings. The molecule has 0 atom stereocenters. The highest BCUT2D eigenvalue weighted by Gasteiger charge is 2.22. The Morgan fingerprint density at radius 1 is 0.967 bits per heavy atom. The van der Waals surface area contributed by atoms with Gasteiger partial charge in [0.25, 0.3) is 0 Å². The summed E-state index contributed by atoms with van der Waals surface area (Å²) < 4.78 is 8.79. The molecule has 0 N–H and O–H groups in total. The third-order valence-corrected chi connectivity index (χ3v) is 7.82. The first kappa shape index (κ1) is 18.0. The number of rotatable bonds is 1. The lowest BCUT2D eigenvalue weighted by atomic mass is 9.85. The molecule has 0 fully saturated rings. The Morgan fingerprint density at radius 2 is 1.83 bits per heavy atom. The molecule has 4 heterocycles. The summed E-state index contributed by atoms with van der Waals surface area (Å²) in [5.74, 6) is 0. The Kier molecular flexibility index (Phi) is 3.68. The van der Waals surface area contributed by atoms with Gasteiger partial charge in [-0.1, -0.05) is 20.8 Å². The van der Waals surface area contributed by atoms with E-state index in [1.165, 1.54) is 31.3 Å². The highest BCUT2D eigenvalue weighted by Crippen LogP contribution is 2.41. The summed E-state index contributed by atoms with van der Waals surface area (Å²) in [6.07, 6.45) is 1.61. The zero-order valence-electron chi connectivity index (χ0n) is 17.2. The minimum absolute atomic E-state index is 0.0460. The van der Waals surface area contributed by atoms with E-state index in [1.807, 2.05) is 0 Å². The molecule has 30 heavy (non-hydrogen) atoms. The number of hydrogen-bond donors (Lipinski definition) is 0. The summed E-state index contributed by atoms with van der Waals surface area (Å²) in [5.41, 5.74) is 6.24. The van der Waals surface area contributed by atoms with Crippen LogP contribution >= 0.6 is 22.7 Å². The highest BCUT2D eigenvalue weighted by atomic mass is 32.1. The first-order chi connectivity index (χ1) is 14.4. The molecule has 6 rings (SSSR count). The van der Waals surface area contributed by atoms with Crippen LogP contribution in [0.2, 0.25) is 0 Å². The summed E-state index contributed by atoms with van der Waals surface area (Å²) >= 11 is 3.58. The van der Waals surface area contributed by atoms with Crippen LogP contribution in [0.3, 0.4) is 0 Å². The molecule has 5 heteroatoms. The lowest BCUT2D eigenvalue weighted by Gasteiger charge is -2.21. The quantitative estimate of drug-likeness (QED) is 0.266. The molecule has 6 aromatic rings. The Labute approximate surface area is 182 Å². The van der Waals surface area contributed by atoms with Crippen molar-refractivity contribution in [2.45, 2.75) is 33.1 Å². The second-order valence-electron chi connectivity index (χ2n) is 8.88. The second kappa shape index (κ2) is 6.13. The van der Waals surface area contributed by atoms with Gasteiger partial charge in [0, 0.05) is 20.3 Å². The van der Waals surface area contributed by atoms with Crippen LogP contribution in [0.25, 0.3) is 53.5 Å². The van der Waals surface area contributed by atoms with Crippen LogP contribution in [0, 0.1) is 6.92 Å². The Morgan fingerprint density at radius 3 is 2.67 bits per heavy atom. The summed E-state index contributed by atoms with van der Waals surface area (Å²) in [6.45, 7) is 8.94. The number of aryl methyl sites for hydroxylation is 1. The van der Waals surface area contributed by atoms with Gasteiger partial charge in [0.1, 0.15) is 11.9 Å². The Hall–Kier alpha value is -2.76. The van der Waals surface area contributed by atoms with E-state index < -0.39 is 0 Å². The Balaban J connectivity index is 1.71. The zero-order valence-corrected chi connectivity index (χ0v) is 18.9. The number of nitrogens with zero attached hydrogens (tertiary/aromatic N) is 2. The molecule has 0 amide bonds. The second-order valence-corrected chi connectivity index (χ2v) is 10.7. The topological polar surface area (TPSA) is 38.9 Å². The Bertz CT molecular complexity index is 1590. The third-order valence-electron chi connectivity index (χ3n) is 5.79. The van der Waals surface area contributed by atoms with Crippen LogP contribution < -0.4 is 0 Å². The average molecular weight is 429 g/mol. The van der Waals surface area contributed by atoms with Crippen molar-refractivity contribution in [1.29, 1.82) is 0 Å². The molecule has 0 aliphatic heterocycles. The van der Waals surface area contributed by atoms with Gasteiger partial charge < -0.3 is 4.42 Å². The van der Waals surface area contributed by atoms with Crippen LogP contribution in [0.1, 0.15) is 31.9 Å². The van der Waals surface area contributed by atoms with E-state index in [-0.39, 0.29) is 5.41 Å². The maximum atomic E-state index is 6.17. The maximum absolute atomic E-state index is 6.17. The molecule has 3 nitrogen and oxygen atoms in total. The van der Waals surface area contributed by atoms with Gasteiger partial charge in [0.15, 0.2) is 0 Å². The number of benzene rings is 2. The van der Waals surface area contributed by atoms with Crippen molar-refractivity contribution >= 4 is 64.9 Å². The van der Waals surface area contributed by atoms with E-state index in [4.69, 9.17) is 9.40 Å². The normalized spacial score (nSPS) is 12.7. The van der Waals surface area contributed by atoms with Gasteiger partial charge >= 0.3 is 0 Å². The molecule has 0 bridgehead atoms. The zero-order chi connectivity index (χ0) is 20.6. The monoisotopic (exact) mass is 428 g/mol. The summed E-state index contributed by atoms with van der Waals surface area (Å²) in [4.78, 5) is 9.19. The molecule has 4 aromatic heterocycles. The number of thiophene rings is 2. The summed E-state index contributed by atoms with van der Waals surface area (Å²) in [7, 11) is 0. The van der Waals surface area contributed by atoms with E-state index in [2.05, 4.69) is 73.8 Å². The lowest BCUT2D eigenvalue weighted by Crippen LogP contribution is -2.11. The molecule has 0 unspecified atom stereocenters. The molecule has 0 radical (unpaired) electrons. The summed E-state index contributed by atoms with van der Waals surface area (Å²) in [6, 6.07) is 11.1. The van der Waals surface area contributed by atoms with Crippen molar-refractivity contribution in [3.05, 3.63) is 58.5 Å². The van der Waals surface area contributed by atoms with Crippen molar-refractivity contribution in [2.24, 2.45) is 0 Å². The number of fused-ring (bicyclic) bond motifs is 5. The highest BCUT2D eigenvalue weighted by molar-refractivity contribution is 7.17. The number of aromatic nitrogens is 2. The van der Waals surface area contributed by atoms with Gasteiger partial charge in [-0.05, 0) is 75.3 Å². The predicted octanol–water partition coefficient (Wildman–Crippen LogP) is 8.08. The van der Waals surface area contributed by atoms with Crippen LogP contribution in [-0.4, -0.2) is 9.97 Å². The van der Waals surface area contributed by atoms with Gasteiger partial charge in [-0.15, -0.1) is 22.7 Å². The first-order valence-electron chi connectivity index (χ1n) is 9.97. The molecule has 0 spiro atoms. The van der Waals surface area contributed by atoms with E-state index in [0.29, 0.717) is 5.71 Å². The summed E-state index contributed by atoms with van der Waals surface area (Å²) in [5, 5.41) is 8.95. The van der Waals surface area contributed by atoms with E-state index in [0.717, 1.165) is 27.6 Å². The fourth-order valence-electron chi connectivity index (χ4n) is 4.25. The smallest absolute Gasteiger partial charge is 0.230 e. The van der Waals surface area contributed by atoms with Crippen LogP contribution in [-0.2, 0) is 5.41 Å². The minimum atomic E-state index is 0.0460. The standard InChI is InChI=1S/C25H20N2OS2/c1-13-11-30-20-10-17-19(9-16(13)20)28-24-21(17)22(26-12-27-24)15-7-14-5-6-29-23(14)18(8-15)25(2,3)4/h5-12H,1-4H3. The van der Waals surface area contributed by atoms with Gasteiger partial charge in [-0.3, -0.25) is 0 Å². The predicted molar refractivity (Wildman–Crippen MR) is 129 cm³/mol. The van der Waals surface area contributed by atoms with Crippen LogP contribution in [0.5, 0.6) is 0 Å². The van der Waals surface area contributed by atoms with Gasteiger partial charge in [-0.25, -0.2) is 9.97 Å². The van der Waals surface area contributed by atoms with Gasteiger partial charge in [0.2, 0.25) is 5.71 Å². The molecule has 0 saturated carbocycles. The van der Waals surface area contributed by atoms with Crippen molar-refractivity contribution in [3.63, 3.8) is 0 Å².